The van der Waals surface area contributed by atoms with Crippen LogP contribution in [0.5, 0.6) is 11.5 Å². The summed E-state index contributed by atoms with van der Waals surface area (Å²) in [6.45, 7) is 0.560. The molecule has 29 heavy (non-hydrogen) atoms. The zero-order chi connectivity index (χ0) is 20.2. The van der Waals surface area contributed by atoms with E-state index in [9.17, 15) is 9.59 Å². The lowest BCUT2D eigenvalue weighted by Crippen LogP contribution is -2.41. The Bertz CT molecular complexity index is 1030. The molecule has 0 unspecified atom stereocenters. The highest BCUT2D eigenvalue weighted by Gasteiger charge is 2.21. The van der Waals surface area contributed by atoms with Crippen molar-refractivity contribution in [2.45, 2.75) is 12.6 Å². The number of nitrogens with zero attached hydrogens (tertiary/aromatic N) is 4. The largest absolute Gasteiger partial charge is 0.486 e. The zero-order valence-electron chi connectivity index (χ0n) is 15.3. The quantitative estimate of drug-likeness (QED) is 0.618. The third-order valence-electron chi connectivity index (χ3n) is 4.26. The second kappa shape index (κ2) is 7.97. The van der Waals surface area contributed by atoms with Crippen molar-refractivity contribution in [3.05, 3.63) is 54.1 Å². The summed E-state index contributed by atoms with van der Waals surface area (Å²) in [6, 6.07) is 13.9. The van der Waals surface area contributed by atoms with E-state index in [2.05, 4.69) is 20.7 Å². The summed E-state index contributed by atoms with van der Waals surface area (Å²) in [6.07, 6.45) is -0.281. The molecule has 0 saturated heterocycles. The molecule has 148 valence electrons. The number of carbonyl (C=O) groups excluding carboxylic acids is 2. The molecule has 10 nitrogen and oxygen atoms in total. The molecule has 10 heteroatoms. The van der Waals surface area contributed by atoms with Gasteiger partial charge in [0.1, 0.15) is 19.3 Å². The number of para-hydroxylation sites is 2. The lowest BCUT2D eigenvalue weighted by molar-refractivity contribution is -0.122. The van der Waals surface area contributed by atoms with Crippen molar-refractivity contribution in [1.82, 2.24) is 25.5 Å². The topological polar surface area (TPSA) is 134 Å². The molecule has 4 rings (SSSR count). The predicted octanol–water partition coefficient (Wildman–Crippen LogP) is 0.395. The second-order valence-corrected chi connectivity index (χ2v) is 6.39. The molecule has 2 amide bonds. The third kappa shape index (κ3) is 4.32. The molecule has 1 aromatic heterocycles. The SMILES string of the molecule is NC(=O)c1ccc(-c2nnn(CC(=O)NC[C@H]3COc4ccccc4O3)n2)cc1. The summed E-state index contributed by atoms with van der Waals surface area (Å²) in [5.74, 6) is 0.900. The minimum absolute atomic E-state index is 0.0868. The van der Waals surface area contributed by atoms with Crippen molar-refractivity contribution < 1.29 is 19.1 Å². The fourth-order valence-electron chi connectivity index (χ4n) is 2.79. The molecule has 2 heterocycles. The van der Waals surface area contributed by atoms with Gasteiger partial charge in [0, 0.05) is 11.1 Å². The van der Waals surface area contributed by atoms with Crippen LogP contribution in [0.15, 0.2) is 48.5 Å². The number of tetrazole rings is 1. The van der Waals surface area contributed by atoms with Gasteiger partial charge in [-0.15, -0.1) is 10.2 Å². The first kappa shape index (κ1) is 18.4. The van der Waals surface area contributed by atoms with Gasteiger partial charge >= 0.3 is 0 Å². The molecule has 0 spiro atoms. The molecule has 2 aromatic carbocycles. The van der Waals surface area contributed by atoms with Crippen LogP contribution in [-0.2, 0) is 11.3 Å². The molecule has 1 atom stereocenters. The average molecular weight is 394 g/mol. The smallest absolute Gasteiger partial charge is 0.248 e. The number of hydrogen-bond donors (Lipinski definition) is 2. The average Bonchev–Trinajstić information content (AvgIpc) is 3.20. The standard InChI is InChI=1S/C19H18N6O4/c20-18(27)12-5-7-13(8-6-12)19-22-24-25(23-19)10-17(26)21-9-14-11-28-15-3-1-2-4-16(15)29-14/h1-8,14H,9-11H2,(H2,20,27)(H,21,26)/t14-/m0/s1. The molecule has 0 bridgehead atoms. The molecular formula is C19H18N6O4. The Labute approximate surface area is 165 Å². The van der Waals surface area contributed by atoms with Gasteiger partial charge in [0.05, 0.1) is 6.54 Å². The first-order valence-corrected chi connectivity index (χ1v) is 8.92. The van der Waals surface area contributed by atoms with Gasteiger partial charge < -0.3 is 20.5 Å². The van der Waals surface area contributed by atoms with E-state index in [1.54, 1.807) is 24.3 Å². The van der Waals surface area contributed by atoms with E-state index >= 15 is 0 Å². The van der Waals surface area contributed by atoms with Crippen LogP contribution >= 0.6 is 0 Å². The maximum absolute atomic E-state index is 12.2. The highest BCUT2D eigenvalue weighted by atomic mass is 16.6. The Morgan fingerprint density at radius 3 is 2.66 bits per heavy atom. The number of benzene rings is 2. The van der Waals surface area contributed by atoms with Crippen LogP contribution in [0.1, 0.15) is 10.4 Å². The fourth-order valence-corrected chi connectivity index (χ4v) is 2.79. The number of nitrogens with two attached hydrogens (primary N) is 1. The van der Waals surface area contributed by atoms with Crippen molar-refractivity contribution in [3.8, 4) is 22.9 Å². The van der Waals surface area contributed by atoms with Gasteiger partial charge in [-0.25, -0.2) is 0 Å². The van der Waals surface area contributed by atoms with Gasteiger partial charge in [-0.2, -0.15) is 4.80 Å². The summed E-state index contributed by atoms with van der Waals surface area (Å²) in [7, 11) is 0. The fraction of sp³-hybridized carbons (Fsp3) is 0.211. The van der Waals surface area contributed by atoms with Crippen LogP contribution in [0.3, 0.4) is 0 Å². The number of carbonyl (C=O) groups is 2. The van der Waals surface area contributed by atoms with Gasteiger partial charge in [-0.05, 0) is 29.5 Å². The number of aromatic nitrogens is 4. The number of nitrogens with one attached hydrogen (secondary N) is 1. The van der Waals surface area contributed by atoms with Crippen molar-refractivity contribution in [3.63, 3.8) is 0 Å². The van der Waals surface area contributed by atoms with Crippen molar-refractivity contribution in [2.24, 2.45) is 5.73 Å². The Balaban J connectivity index is 1.30. The van der Waals surface area contributed by atoms with E-state index in [-0.39, 0.29) is 18.6 Å². The molecular weight excluding hydrogens is 376 g/mol. The summed E-state index contributed by atoms with van der Waals surface area (Å²) in [5.41, 5.74) is 6.27. The van der Waals surface area contributed by atoms with Gasteiger partial charge in [0.15, 0.2) is 11.5 Å². The molecule has 0 saturated carbocycles. The number of amides is 2. The summed E-state index contributed by atoms with van der Waals surface area (Å²) >= 11 is 0. The first-order valence-electron chi connectivity index (χ1n) is 8.92. The highest BCUT2D eigenvalue weighted by molar-refractivity contribution is 5.93. The summed E-state index contributed by atoms with van der Waals surface area (Å²) in [5, 5.41) is 14.8. The Hall–Kier alpha value is -3.95. The highest BCUT2D eigenvalue weighted by Crippen LogP contribution is 2.30. The molecule has 0 fully saturated rings. The first-order chi connectivity index (χ1) is 14.1. The normalized spacial score (nSPS) is 15.0. The Kier molecular flexibility index (Phi) is 5.06. The summed E-state index contributed by atoms with van der Waals surface area (Å²) in [4.78, 5) is 24.5. The lowest BCUT2D eigenvalue weighted by atomic mass is 10.1. The van der Waals surface area contributed by atoms with E-state index in [0.717, 1.165) is 0 Å². The van der Waals surface area contributed by atoms with Crippen LogP contribution in [0.25, 0.3) is 11.4 Å². The van der Waals surface area contributed by atoms with Gasteiger partial charge in [0.25, 0.3) is 0 Å². The molecule has 3 N–H and O–H groups in total. The number of hydrogen-bond acceptors (Lipinski definition) is 7. The monoisotopic (exact) mass is 394 g/mol. The summed E-state index contributed by atoms with van der Waals surface area (Å²) < 4.78 is 11.4. The van der Waals surface area contributed by atoms with Crippen LogP contribution in [0.4, 0.5) is 0 Å². The van der Waals surface area contributed by atoms with Crippen molar-refractivity contribution in [1.29, 1.82) is 0 Å². The van der Waals surface area contributed by atoms with Gasteiger partial charge in [0.2, 0.25) is 17.6 Å². The lowest BCUT2D eigenvalue weighted by Gasteiger charge is -2.26. The number of fused-ring (bicyclic) bond motifs is 1. The minimum atomic E-state index is -0.513. The minimum Gasteiger partial charge on any atom is -0.486 e. The molecule has 1 aliphatic heterocycles. The van der Waals surface area contributed by atoms with E-state index in [1.807, 2.05) is 24.3 Å². The maximum atomic E-state index is 12.2. The van der Waals surface area contributed by atoms with E-state index in [0.29, 0.717) is 41.6 Å². The van der Waals surface area contributed by atoms with Gasteiger partial charge in [-0.3, -0.25) is 9.59 Å². The van der Waals surface area contributed by atoms with Crippen LogP contribution in [-0.4, -0.2) is 51.3 Å². The predicted molar refractivity (Wildman–Crippen MR) is 101 cm³/mol. The molecule has 0 aliphatic carbocycles. The number of ether oxygens (including phenoxy) is 2. The Morgan fingerprint density at radius 2 is 1.90 bits per heavy atom. The zero-order valence-corrected chi connectivity index (χ0v) is 15.3. The molecule has 1 aliphatic rings. The molecule has 3 aromatic rings. The number of primary amides is 1. The van der Waals surface area contributed by atoms with Crippen LogP contribution in [0.2, 0.25) is 0 Å². The van der Waals surface area contributed by atoms with E-state index in [1.165, 1.54) is 4.80 Å². The van der Waals surface area contributed by atoms with Crippen molar-refractivity contribution in [2.75, 3.05) is 13.2 Å². The molecule has 0 radical (unpaired) electrons. The van der Waals surface area contributed by atoms with Crippen LogP contribution < -0.4 is 20.5 Å². The van der Waals surface area contributed by atoms with E-state index < -0.39 is 5.91 Å². The van der Waals surface area contributed by atoms with Crippen molar-refractivity contribution >= 4 is 11.8 Å². The van der Waals surface area contributed by atoms with Gasteiger partial charge in [-0.1, -0.05) is 24.3 Å². The Morgan fingerprint density at radius 1 is 1.14 bits per heavy atom. The van der Waals surface area contributed by atoms with Crippen LogP contribution in [0, 0.1) is 0 Å². The third-order valence-corrected chi connectivity index (χ3v) is 4.26. The second-order valence-electron chi connectivity index (χ2n) is 6.39. The number of rotatable bonds is 6. The van der Waals surface area contributed by atoms with E-state index in [4.69, 9.17) is 15.2 Å². The maximum Gasteiger partial charge on any atom is 0.248 e.